The number of nitro benzene ring substituents is 1. The molecule has 3 aromatic rings. The van der Waals surface area contributed by atoms with Crippen molar-refractivity contribution in [3.8, 4) is 0 Å². The first-order valence-corrected chi connectivity index (χ1v) is 11.5. The van der Waals surface area contributed by atoms with Gasteiger partial charge in [-0.15, -0.1) is 0 Å². The zero-order valence-electron chi connectivity index (χ0n) is 17.7. The van der Waals surface area contributed by atoms with Crippen molar-refractivity contribution < 1.29 is 22.5 Å². The number of hydrogen-bond donors (Lipinski definition) is 0. The third kappa shape index (κ3) is 4.14. The molecule has 1 saturated heterocycles. The molecule has 0 spiro atoms. The highest BCUT2D eigenvalue weighted by Crippen LogP contribution is 2.44. The minimum atomic E-state index is -4.28. The molecule has 9 heteroatoms. The molecule has 0 N–H and O–H groups in total. The summed E-state index contributed by atoms with van der Waals surface area (Å²) in [6, 6.07) is 15.6. The lowest BCUT2D eigenvalue weighted by atomic mass is 10.1. The molecule has 0 bridgehead atoms. The fraction of sp³-hybridized carbons (Fsp3) is 0.125. The van der Waals surface area contributed by atoms with E-state index in [9.17, 15) is 27.7 Å². The lowest BCUT2D eigenvalue weighted by Gasteiger charge is -2.24. The minimum absolute atomic E-state index is 0.0965. The van der Waals surface area contributed by atoms with Gasteiger partial charge < -0.3 is 0 Å². The normalized spacial score (nSPS) is 18.6. The van der Waals surface area contributed by atoms with E-state index < -0.39 is 36.8 Å². The van der Waals surface area contributed by atoms with E-state index in [1.165, 1.54) is 36.4 Å². The summed E-state index contributed by atoms with van der Waals surface area (Å²) in [6.45, 7) is 3.65. The first-order valence-electron chi connectivity index (χ1n) is 9.95. The number of nitro groups is 1. The first kappa shape index (κ1) is 22.3. The molecule has 33 heavy (non-hydrogen) atoms. The fourth-order valence-corrected chi connectivity index (χ4v) is 5.81. The summed E-state index contributed by atoms with van der Waals surface area (Å²) in [5.41, 5.74) is 2.15. The van der Waals surface area contributed by atoms with Crippen LogP contribution in [0.25, 0.3) is 6.08 Å². The molecule has 0 saturated carbocycles. The van der Waals surface area contributed by atoms with E-state index in [0.29, 0.717) is 11.3 Å². The van der Waals surface area contributed by atoms with Gasteiger partial charge in [-0.05, 0) is 66.4 Å². The Morgan fingerprint density at radius 1 is 1.00 bits per heavy atom. The molecule has 168 valence electrons. The smallest absolute Gasteiger partial charge is 0.271 e. The number of aryl methyl sites for hydroxylation is 2. The van der Waals surface area contributed by atoms with Gasteiger partial charge in [0.2, 0.25) is 9.84 Å². The Morgan fingerprint density at radius 2 is 1.64 bits per heavy atom. The quantitative estimate of drug-likeness (QED) is 0.311. The van der Waals surface area contributed by atoms with Gasteiger partial charge in [-0.1, -0.05) is 30.3 Å². The van der Waals surface area contributed by atoms with E-state index in [1.54, 1.807) is 12.1 Å². The molecular formula is C24H19FN2O5S. The van der Waals surface area contributed by atoms with Crippen molar-refractivity contribution in [2.24, 2.45) is 0 Å². The average Bonchev–Trinajstić information content (AvgIpc) is 2.94. The van der Waals surface area contributed by atoms with Crippen molar-refractivity contribution >= 4 is 33.2 Å². The summed E-state index contributed by atoms with van der Waals surface area (Å²) in [7, 11) is -4.28. The van der Waals surface area contributed by atoms with Crippen molar-refractivity contribution in [1.82, 2.24) is 0 Å². The SMILES string of the molecule is Cc1cc(C)cc(N2C(=O)/C(=C/c3ccc(F)cc3)S(=O)(=O)C2c2cccc([N+](=O)[O-])c2)c1. The van der Waals surface area contributed by atoms with Gasteiger partial charge in [-0.3, -0.25) is 19.8 Å². The van der Waals surface area contributed by atoms with Crippen molar-refractivity contribution in [3.05, 3.63) is 110 Å². The molecule has 0 radical (unpaired) electrons. The Morgan fingerprint density at radius 3 is 2.24 bits per heavy atom. The molecule has 1 heterocycles. The second-order valence-electron chi connectivity index (χ2n) is 7.83. The molecule has 3 aromatic carbocycles. The molecule has 1 aliphatic heterocycles. The summed E-state index contributed by atoms with van der Waals surface area (Å²) >= 11 is 0. The Balaban J connectivity index is 1.95. The number of carbonyl (C=O) groups excluding carboxylic acids is 1. The highest BCUT2D eigenvalue weighted by molar-refractivity contribution is 7.97. The van der Waals surface area contributed by atoms with Gasteiger partial charge in [0.1, 0.15) is 10.7 Å². The number of hydrogen-bond acceptors (Lipinski definition) is 5. The maximum atomic E-state index is 13.6. The second kappa shape index (κ2) is 8.25. The van der Waals surface area contributed by atoms with Crippen LogP contribution in [-0.4, -0.2) is 19.2 Å². The summed E-state index contributed by atoms with van der Waals surface area (Å²) in [4.78, 5) is 24.8. The summed E-state index contributed by atoms with van der Waals surface area (Å²) in [6.07, 6.45) is 1.20. The highest BCUT2D eigenvalue weighted by Gasteiger charge is 2.50. The molecule has 7 nitrogen and oxygen atoms in total. The van der Waals surface area contributed by atoms with Gasteiger partial charge in [0, 0.05) is 17.8 Å². The van der Waals surface area contributed by atoms with E-state index in [-0.39, 0.29) is 11.3 Å². The number of non-ortho nitro benzene ring substituents is 1. The van der Waals surface area contributed by atoms with E-state index >= 15 is 0 Å². The van der Waals surface area contributed by atoms with Crippen LogP contribution in [0, 0.1) is 29.8 Å². The maximum absolute atomic E-state index is 13.6. The summed E-state index contributed by atoms with van der Waals surface area (Å²) in [5, 5.41) is 9.81. The number of nitrogens with zero attached hydrogens (tertiary/aromatic N) is 2. The van der Waals surface area contributed by atoms with Crippen LogP contribution in [0.2, 0.25) is 0 Å². The summed E-state index contributed by atoms with van der Waals surface area (Å²) in [5.74, 6) is -1.26. The maximum Gasteiger partial charge on any atom is 0.271 e. The molecule has 0 aromatic heterocycles. The largest absolute Gasteiger partial charge is 0.286 e. The molecular weight excluding hydrogens is 447 g/mol. The number of rotatable bonds is 4. The van der Waals surface area contributed by atoms with Crippen LogP contribution in [0.4, 0.5) is 15.8 Å². The number of halogens is 1. The van der Waals surface area contributed by atoms with Crippen LogP contribution >= 0.6 is 0 Å². The Labute approximate surface area is 189 Å². The molecule has 1 atom stereocenters. The first-order chi connectivity index (χ1) is 15.6. The summed E-state index contributed by atoms with van der Waals surface area (Å²) < 4.78 is 40.6. The number of carbonyl (C=O) groups is 1. The topological polar surface area (TPSA) is 97.6 Å². The molecule has 1 unspecified atom stereocenters. The standard InChI is InChI=1S/C24H19FN2O5S/c1-15-10-16(2)12-21(11-15)26-23(28)22(13-17-6-8-19(25)9-7-17)33(31,32)24(26)18-4-3-5-20(14-18)27(29)30/h3-14,24H,1-2H3/b22-13-. The molecule has 1 fully saturated rings. The van der Waals surface area contributed by atoms with Crippen molar-refractivity contribution in [2.75, 3.05) is 4.90 Å². The number of sulfone groups is 1. The molecule has 0 aliphatic carbocycles. The van der Waals surface area contributed by atoms with Crippen molar-refractivity contribution in [3.63, 3.8) is 0 Å². The third-order valence-electron chi connectivity index (χ3n) is 5.28. The van der Waals surface area contributed by atoms with Gasteiger partial charge in [0.25, 0.3) is 11.6 Å². The molecule has 1 amide bonds. The lowest BCUT2D eigenvalue weighted by Crippen LogP contribution is -2.29. The fourth-order valence-electron chi connectivity index (χ4n) is 3.92. The van der Waals surface area contributed by atoms with Crippen LogP contribution in [0.1, 0.15) is 27.6 Å². The Kier molecular flexibility index (Phi) is 5.59. The predicted molar refractivity (Wildman–Crippen MR) is 123 cm³/mol. The van der Waals surface area contributed by atoms with Crippen LogP contribution in [0.3, 0.4) is 0 Å². The zero-order chi connectivity index (χ0) is 23.9. The predicted octanol–water partition coefficient (Wildman–Crippen LogP) is 4.85. The van der Waals surface area contributed by atoms with E-state index in [2.05, 4.69) is 0 Å². The van der Waals surface area contributed by atoms with Crippen LogP contribution in [0.5, 0.6) is 0 Å². The third-order valence-corrected chi connectivity index (χ3v) is 7.26. The molecule has 1 aliphatic rings. The zero-order valence-corrected chi connectivity index (χ0v) is 18.5. The van der Waals surface area contributed by atoms with E-state index in [4.69, 9.17) is 0 Å². The monoisotopic (exact) mass is 466 g/mol. The van der Waals surface area contributed by atoms with Crippen LogP contribution < -0.4 is 4.90 Å². The second-order valence-corrected chi connectivity index (χ2v) is 9.81. The van der Waals surface area contributed by atoms with Gasteiger partial charge in [0.15, 0.2) is 5.37 Å². The average molecular weight is 466 g/mol. The minimum Gasteiger partial charge on any atom is -0.286 e. The van der Waals surface area contributed by atoms with Crippen LogP contribution in [-0.2, 0) is 14.6 Å². The van der Waals surface area contributed by atoms with Gasteiger partial charge in [0.05, 0.1) is 4.92 Å². The van der Waals surface area contributed by atoms with Gasteiger partial charge in [-0.25, -0.2) is 12.8 Å². The number of amides is 1. The Bertz CT molecular complexity index is 1390. The van der Waals surface area contributed by atoms with Crippen LogP contribution in [0.15, 0.2) is 71.6 Å². The van der Waals surface area contributed by atoms with Gasteiger partial charge in [-0.2, -0.15) is 0 Å². The van der Waals surface area contributed by atoms with E-state index in [0.717, 1.165) is 34.2 Å². The van der Waals surface area contributed by atoms with Gasteiger partial charge >= 0.3 is 0 Å². The number of benzene rings is 3. The van der Waals surface area contributed by atoms with Crippen molar-refractivity contribution in [1.29, 1.82) is 0 Å². The number of anilines is 1. The Hall–Kier alpha value is -3.85. The molecule has 4 rings (SSSR count). The lowest BCUT2D eigenvalue weighted by molar-refractivity contribution is -0.384. The van der Waals surface area contributed by atoms with Crippen molar-refractivity contribution in [2.45, 2.75) is 19.2 Å². The highest BCUT2D eigenvalue weighted by atomic mass is 32.2. The van der Waals surface area contributed by atoms with E-state index in [1.807, 2.05) is 19.9 Å².